The molecule has 1 heterocycles. The molecule has 0 aliphatic rings. The predicted octanol–water partition coefficient (Wildman–Crippen LogP) is 3.41. The van der Waals surface area contributed by atoms with Gasteiger partial charge in [-0.1, -0.05) is 49.4 Å². The lowest BCUT2D eigenvalue weighted by atomic mass is 10.0. The van der Waals surface area contributed by atoms with Crippen molar-refractivity contribution in [3.8, 4) is 0 Å². The van der Waals surface area contributed by atoms with Gasteiger partial charge >= 0.3 is 5.69 Å². The first-order chi connectivity index (χ1) is 11.8. The number of hydrogen-bond donors (Lipinski definition) is 1. The molecule has 0 spiro atoms. The normalized spacial score (nSPS) is 12.6. The summed E-state index contributed by atoms with van der Waals surface area (Å²) in [6.07, 6.45) is 0.884. The molecule has 3 aromatic rings. The van der Waals surface area contributed by atoms with E-state index in [1.807, 2.05) is 58.5 Å². The standard InChI is InChI=1S/C20H25N3O/c1-3-21-15-14-17(16-10-6-5-7-11-16)23-19-13-9-8-12-18(19)22(4-2)20(23)24/h5-13,17,21H,3-4,14-15H2,1-2H3/t17-/m1/s1. The van der Waals surface area contributed by atoms with Gasteiger partial charge in [0.05, 0.1) is 17.1 Å². The Morgan fingerprint density at radius 2 is 1.62 bits per heavy atom. The van der Waals surface area contributed by atoms with Gasteiger partial charge in [0.1, 0.15) is 0 Å². The van der Waals surface area contributed by atoms with E-state index >= 15 is 0 Å². The first-order valence-corrected chi connectivity index (χ1v) is 8.73. The second kappa shape index (κ2) is 7.49. The molecule has 0 unspecified atom stereocenters. The van der Waals surface area contributed by atoms with Crippen LogP contribution >= 0.6 is 0 Å². The maximum Gasteiger partial charge on any atom is 0.329 e. The zero-order chi connectivity index (χ0) is 16.9. The van der Waals surface area contributed by atoms with Crippen molar-refractivity contribution in [2.24, 2.45) is 0 Å². The van der Waals surface area contributed by atoms with E-state index in [9.17, 15) is 4.79 Å². The van der Waals surface area contributed by atoms with Crippen molar-refractivity contribution in [2.45, 2.75) is 32.9 Å². The molecule has 0 bridgehead atoms. The van der Waals surface area contributed by atoms with E-state index in [4.69, 9.17) is 0 Å². The van der Waals surface area contributed by atoms with Gasteiger partial charge in [-0.05, 0) is 44.1 Å². The van der Waals surface area contributed by atoms with E-state index in [0.29, 0.717) is 6.54 Å². The summed E-state index contributed by atoms with van der Waals surface area (Å²) in [5, 5.41) is 3.38. The lowest BCUT2D eigenvalue weighted by Gasteiger charge is -2.19. The minimum Gasteiger partial charge on any atom is -0.317 e. The molecule has 4 nitrogen and oxygen atoms in total. The highest BCUT2D eigenvalue weighted by Crippen LogP contribution is 2.25. The molecule has 0 aliphatic carbocycles. The minimum atomic E-state index is 0.0375. The average molecular weight is 323 g/mol. The molecular weight excluding hydrogens is 298 g/mol. The number of para-hydroxylation sites is 2. The van der Waals surface area contributed by atoms with Crippen LogP contribution in [-0.2, 0) is 6.54 Å². The second-order valence-electron chi connectivity index (χ2n) is 5.95. The number of fused-ring (bicyclic) bond motifs is 1. The van der Waals surface area contributed by atoms with Gasteiger partial charge in [-0.15, -0.1) is 0 Å². The Kier molecular flexibility index (Phi) is 5.16. The molecule has 0 saturated heterocycles. The number of aryl methyl sites for hydroxylation is 1. The van der Waals surface area contributed by atoms with Crippen molar-refractivity contribution in [1.82, 2.24) is 14.5 Å². The van der Waals surface area contributed by atoms with Crippen molar-refractivity contribution < 1.29 is 0 Å². The Labute approximate surface area is 142 Å². The predicted molar refractivity (Wildman–Crippen MR) is 99.6 cm³/mol. The van der Waals surface area contributed by atoms with Crippen LogP contribution in [0.1, 0.15) is 31.9 Å². The second-order valence-corrected chi connectivity index (χ2v) is 5.95. The molecule has 1 atom stereocenters. The van der Waals surface area contributed by atoms with E-state index in [-0.39, 0.29) is 11.7 Å². The third-order valence-electron chi connectivity index (χ3n) is 4.53. The van der Waals surface area contributed by atoms with Gasteiger partial charge in [0.15, 0.2) is 0 Å². The molecule has 126 valence electrons. The van der Waals surface area contributed by atoms with E-state index in [2.05, 4.69) is 24.4 Å². The fraction of sp³-hybridized carbons (Fsp3) is 0.350. The van der Waals surface area contributed by atoms with Crippen LogP contribution in [0.3, 0.4) is 0 Å². The van der Waals surface area contributed by atoms with E-state index in [1.54, 1.807) is 0 Å². The largest absolute Gasteiger partial charge is 0.329 e. The zero-order valence-corrected chi connectivity index (χ0v) is 14.4. The third kappa shape index (κ3) is 3.02. The number of aromatic nitrogens is 2. The van der Waals surface area contributed by atoms with Crippen LogP contribution in [0.25, 0.3) is 11.0 Å². The highest BCUT2D eigenvalue weighted by molar-refractivity contribution is 5.76. The smallest absolute Gasteiger partial charge is 0.317 e. The summed E-state index contributed by atoms with van der Waals surface area (Å²) >= 11 is 0. The SMILES string of the molecule is CCNCC[C@H](c1ccccc1)n1c(=O)n(CC)c2ccccc21. The zero-order valence-electron chi connectivity index (χ0n) is 14.4. The van der Waals surface area contributed by atoms with Crippen molar-refractivity contribution in [2.75, 3.05) is 13.1 Å². The van der Waals surface area contributed by atoms with Crippen LogP contribution in [-0.4, -0.2) is 22.2 Å². The van der Waals surface area contributed by atoms with Crippen molar-refractivity contribution in [3.05, 3.63) is 70.6 Å². The third-order valence-corrected chi connectivity index (χ3v) is 4.53. The quantitative estimate of drug-likeness (QED) is 0.677. The Morgan fingerprint density at radius 1 is 0.958 bits per heavy atom. The summed E-state index contributed by atoms with van der Waals surface area (Å²) in [5.41, 5.74) is 3.27. The van der Waals surface area contributed by atoms with Crippen LogP contribution < -0.4 is 11.0 Å². The molecule has 1 aromatic heterocycles. The lowest BCUT2D eigenvalue weighted by molar-refractivity contribution is 0.504. The van der Waals surface area contributed by atoms with Crippen molar-refractivity contribution in [3.63, 3.8) is 0 Å². The van der Waals surface area contributed by atoms with E-state index in [1.165, 1.54) is 5.56 Å². The lowest BCUT2D eigenvalue weighted by Crippen LogP contribution is -2.30. The molecule has 0 radical (unpaired) electrons. The highest BCUT2D eigenvalue weighted by atomic mass is 16.1. The maximum atomic E-state index is 13.1. The van der Waals surface area contributed by atoms with Gasteiger partial charge in [-0.2, -0.15) is 0 Å². The Balaban J connectivity index is 2.16. The molecule has 4 heteroatoms. The summed E-state index contributed by atoms with van der Waals surface area (Å²) in [7, 11) is 0. The first-order valence-electron chi connectivity index (χ1n) is 8.73. The highest BCUT2D eigenvalue weighted by Gasteiger charge is 2.21. The van der Waals surface area contributed by atoms with Gasteiger partial charge in [-0.3, -0.25) is 9.13 Å². The Bertz CT molecular complexity index is 848. The molecular formula is C20H25N3O. The van der Waals surface area contributed by atoms with Gasteiger partial charge in [0.25, 0.3) is 0 Å². The number of hydrogen-bond acceptors (Lipinski definition) is 2. The molecule has 24 heavy (non-hydrogen) atoms. The topological polar surface area (TPSA) is 39.0 Å². The number of rotatable bonds is 7. The van der Waals surface area contributed by atoms with Gasteiger partial charge in [-0.25, -0.2) is 4.79 Å². The monoisotopic (exact) mass is 323 g/mol. The van der Waals surface area contributed by atoms with Gasteiger partial charge in [0.2, 0.25) is 0 Å². The fourth-order valence-corrected chi connectivity index (χ4v) is 3.37. The Morgan fingerprint density at radius 3 is 2.29 bits per heavy atom. The van der Waals surface area contributed by atoms with E-state index < -0.39 is 0 Å². The molecule has 0 amide bonds. The van der Waals surface area contributed by atoms with Crippen LogP contribution in [0.15, 0.2) is 59.4 Å². The molecule has 0 saturated carbocycles. The Hall–Kier alpha value is -2.33. The van der Waals surface area contributed by atoms with Gasteiger partial charge < -0.3 is 5.32 Å². The number of nitrogens with one attached hydrogen (secondary N) is 1. The number of nitrogens with zero attached hydrogens (tertiary/aromatic N) is 2. The van der Waals surface area contributed by atoms with Crippen LogP contribution in [0, 0.1) is 0 Å². The minimum absolute atomic E-state index is 0.0375. The number of benzene rings is 2. The van der Waals surface area contributed by atoms with Crippen LogP contribution in [0.4, 0.5) is 0 Å². The van der Waals surface area contributed by atoms with Crippen molar-refractivity contribution >= 4 is 11.0 Å². The molecule has 3 rings (SSSR count). The molecule has 2 aromatic carbocycles. The molecule has 0 fully saturated rings. The molecule has 1 N–H and O–H groups in total. The summed E-state index contributed by atoms with van der Waals surface area (Å²) in [4.78, 5) is 13.1. The van der Waals surface area contributed by atoms with Crippen LogP contribution in [0.5, 0.6) is 0 Å². The van der Waals surface area contributed by atoms with Gasteiger partial charge in [0, 0.05) is 6.54 Å². The summed E-state index contributed by atoms with van der Waals surface area (Å²) in [6, 6.07) is 18.4. The van der Waals surface area contributed by atoms with Crippen LogP contribution in [0.2, 0.25) is 0 Å². The maximum absolute atomic E-state index is 13.1. The summed E-state index contributed by atoms with van der Waals surface area (Å²) < 4.78 is 3.82. The van der Waals surface area contributed by atoms with Crippen molar-refractivity contribution in [1.29, 1.82) is 0 Å². The fourth-order valence-electron chi connectivity index (χ4n) is 3.37. The first kappa shape index (κ1) is 16.5. The summed E-state index contributed by atoms with van der Waals surface area (Å²) in [5.74, 6) is 0. The number of imidazole rings is 1. The van der Waals surface area contributed by atoms with E-state index in [0.717, 1.165) is 30.5 Å². The summed E-state index contributed by atoms with van der Waals surface area (Å²) in [6.45, 7) is 6.63. The molecule has 0 aliphatic heterocycles. The average Bonchev–Trinajstić information content (AvgIpc) is 2.91.